The molecule has 0 amide bonds. The fourth-order valence-corrected chi connectivity index (χ4v) is 0.943. The minimum absolute atomic E-state index is 0.123. The summed E-state index contributed by atoms with van der Waals surface area (Å²) in [7, 11) is 0. The van der Waals surface area contributed by atoms with Crippen LogP contribution < -0.4 is 11.3 Å². The van der Waals surface area contributed by atoms with Crippen molar-refractivity contribution in [2.24, 2.45) is 5.84 Å². The minimum Gasteiger partial charge on any atom is -0.271 e. The second-order valence-corrected chi connectivity index (χ2v) is 2.62. The van der Waals surface area contributed by atoms with Crippen LogP contribution in [0.4, 0.5) is 0 Å². The average molecular weight is 161 g/mol. The van der Waals surface area contributed by atoms with Gasteiger partial charge < -0.3 is 0 Å². The van der Waals surface area contributed by atoms with Crippen LogP contribution >= 0.6 is 0 Å². The van der Waals surface area contributed by atoms with Crippen LogP contribution in [-0.2, 0) is 0 Å². The predicted octanol–water partition coefficient (Wildman–Crippen LogP) is 1.08. The normalized spacial score (nSPS) is 12.1. The molecule has 0 radical (unpaired) electrons. The van der Waals surface area contributed by atoms with Gasteiger partial charge in [-0.1, -0.05) is 12.1 Å². The van der Waals surface area contributed by atoms with E-state index in [9.17, 15) is 0 Å². The third-order valence-corrected chi connectivity index (χ3v) is 1.79. The van der Waals surface area contributed by atoms with Crippen molar-refractivity contribution in [2.45, 2.75) is 13.0 Å². The molecule has 0 aliphatic rings. The van der Waals surface area contributed by atoms with Gasteiger partial charge in [0.1, 0.15) is 0 Å². The third-order valence-electron chi connectivity index (χ3n) is 1.79. The van der Waals surface area contributed by atoms with Crippen LogP contribution in [0.5, 0.6) is 0 Å². The van der Waals surface area contributed by atoms with Crippen LogP contribution in [0.3, 0.4) is 0 Å². The highest BCUT2D eigenvalue weighted by molar-refractivity contribution is 5.32. The molecular weight excluding hydrogens is 150 g/mol. The Labute approximate surface area is 71.8 Å². The molecule has 0 saturated carbocycles. The number of nitrogens with two attached hydrogens (primary N) is 1. The van der Waals surface area contributed by atoms with Gasteiger partial charge in [0.05, 0.1) is 11.6 Å². The van der Waals surface area contributed by atoms with E-state index in [-0.39, 0.29) is 6.04 Å². The lowest BCUT2D eigenvalue weighted by atomic mass is 10.1. The Morgan fingerprint density at radius 1 is 1.42 bits per heavy atom. The van der Waals surface area contributed by atoms with Gasteiger partial charge in [0.2, 0.25) is 0 Å². The first-order valence-corrected chi connectivity index (χ1v) is 3.74. The lowest BCUT2D eigenvalue weighted by Gasteiger charge is -2.09. The number of hydrazine groups is 1. The van der Waals surface area contributed by atoms with E-state index in [1.54, 1.807) is 12.1 Å². The number of benzene rings is 1. The Hall–Kier alpha value is -1.37. The number of rotatable bonds is 2. The Morgan fingerprint density at radius 2 is 2.00 bits per heavy atom. The van der Waals surface area contributed by atoms with Crippen LogP contribution in [-0.4, -0.2) is 0 Å². The smallest absolute Gasteiger partial charge is 0.0991 e. The number of nitrogens with one attached hydrogen (secondary N) is 1. The summed E-state index contributed by atoms with van der Waals surface area (Å²) in [6.07, 6.45) is 0. The van der Waals surface area contributed by atoms with Crippen LogP contribution in [0.15, 0.2) is 24.3 Å². The molecule has 3 heteroatoms. The molecule has 0 aliphatic heterocycles. The molecular formula is C9H11N3. The molecule has 1 atom stereocenters. The number of nitrogens with zero attached hydrogens (tertiary/aromatic N) is 1. The highest BCUT2D eigenvalue weighted by Gasteiger charge is 2.00. The molecule has 3 N–H and O–H groups in total. The van der Waals surface area contributed by atoms with E-state index >= 15 is 0 Å². The minimum atomic E-state index is 0.123. The largest absolute Gasteiger partial charge is 0.271 e. The van der Waals surface area contributed by atoms with E-state index in [4.69, 9.17) is 11.1 Å². The summed E-state index contributed by atoms with van der Waals surface area (Å²) in [5, 5.41) is 8.53. The van der Waals surface area contributed by atoms with Gasteiger partial charge in [-0.05, 0) is 24.6 Å². The van der Waals surface area contributed by atoms with Crippen LogP contribution in [0.2, 0.25) is 0 Å². The zero-order valence-electron chi connectivity index (χ0n) is 6.91. The summed E-state index contributed by atoms with van der Waals surface area (Å²) >= 11 is 0. The molecule has 12 heavy (non-hydrogen) atoms. The Morgan fingerprint density at radius 3 is 2.42 bits per heavy atom. The molecule has 1 aromatic carbocycles. The van der Waals surface area contributed by atoms with Gasteiger partial charge in [0.15, 0.2) is 0 Å². The monoisotopic (exact) mass is 161 g/mol. The summed E-state index contributed by atoms with van der Waals surface area (Å²) in [5.74, 6) is 5.26. The highest BCUT2D eigenvalue weighted by atomic mass is 15.2. The summed E-state index contributed by atoms with van der Waals surface area (Å²) < 4.78 is 0. The van der Waals surface area contributed by atoms with Crippen molar-refractivity contribution in [1.29, 1.82) is 5.26 Å². The topological polar surface area (TPSA) is 61.8 Å². The fraction of sp³-hybridized carbons (Fsp3) is 0.222. The van der Waals surface area contributed by atoms with Gasteiger partial charge in [0.25, 0.3) is 0 Å². The molecule has 1 aromatic rings. The maximum atomic E-state index is 8.53. The Balaban J connectivity index is 2.86. The molecule has 62 valence electrons. The van der Waals surface area contributed by atoms with Gasteiger partial charge in [-0.2, -0.15) is 5.26 Å². The molecule has 0 bridgehead atoms. The van der Waals surface area contributed by atoms with Gasteiger partial charge in [-0.15, -0.1) is 0 Å². The van der Waals surface area contributed by atoms with Gasteiger partial charge in [-0.3, -0.25) is 11.3 Å². The first kappa shape index (κ1) is 8.72. The van der Waals surface area contributed by atoms with Gasteiger partial charge in [0, 0.05) is 6.04 Å². The molecule has 0 unspecified atom stereocenters. The van der Waals surface area contributed by atoms with E-state index in [1.807, 2.05) is 19.1 Å². The lowest BCUT2D eigenvalue weighted by molar-refractivity contribution is 0.602. The molecule has 3 nitrogen and oxygen atoms in total. The van der Waals surface area contributed by atoms with Crippen molar-refractivity contribution >= 4 is 0 Å². The summed E-state index contributed by atoms with van der Waals surface area (Å²) in [5.41, 5.74) is 4.39. The fourth-order valence-electron chi connectivity index (χ4n) is 0.943. The van der Waals surface area contributed by atoms with Crippen molar-refractivity contribution in [2.75, 3.05) is 0 Å². The van der Waals surface area contributed by atoms with E-state index in [0.717, 1.165) is 5.56 Å². The average Bonchev–Trinajstić information content (AvgIpc) is 2.17. The van der Waals surface area contributed by atoms with Crippen molar-refractivity contribution in [3.05, 3.63) is 35.4 Å². The van der Waals surface area contributed by atoms with Gasteiger partial charge >= 0.3 is 0 Å². The SMILES string of the molecule is C[C@@H](NN)c1ccc(C#N)cc1. The predicted molar refractivity (Wildman–Crippen MR) is 46.9 cm³/mol. The zero-order chi connectivity index (χ0) is 8.97. The number of hydrogen-bond donors (Lipinski definition) is 2. The second kappa shape index (κ2) is 3.86. The molecule has 1 rings (SSSR count). The molecule has 0 saturated heterocycles. The first-order valence-electron chi connectivity index (χ1n) is 3.74. The van der Waals surface area contributed by atoms with Crippen molar-refractivity contribution in [3.63, 3.8) is 0 Å². The zero-order valence-corrected chi connectivity index (χ0v) is 6.91. The van der Waals surface area contributed by atoms with Crippen LogP contribution in [0.1, 0.15) is 24.1 Å². The summed E-state index contributed by atoms with van der Waals surface area (Å²) in [6, 6.07) is 9.53. The first-order chi connectivity index (χ1) is 5.77. The van der Waals surface area contributed by atoms with Gasteiger partial charge in [-0.25, -0.2) is 0 Å². The third kappa shape index (κ3) is 1.82. The maximum Gasteiger partial charge on any atom is 0.0991 e. The molecule has 0 spiro atoms. The van der Waals surface area contributed by atoms with E-state index in [1.165, 1.54) is 0 Å². The van der Waals surface area contributed by atoms with E-state index in [2.05, 4.69) is 11.5 Å². The number of nitriles is 1. The van der Waals surface area contributed by atoms with Crippen molar-refractivity contribution < 1.29 is 0 Å². The highest BCUT2D eigenvalue weighted by Crippen LogP contribution is 2.11. The van der Waals surface area contributed by atoms with Crippen molar-refractivity contribution in [1.82, 2.24) is 5.43 Å². The quantitative estimate of drug-likeness (QED) is 0.504. The van der Waals surface area contributed by atoms with Crippen molar-refractivity contribution in [3.8, 4) is 6.07 Å². The van der Waals surface area contributed by atoms with E-state index < -0.39 is 0 Å². The Kier molecular flexibility index (Phi) is 2.81. The maximum absolute atomic E-state index is 8.53. The van der Waals surface area contributed by atoms with E-state index in [0.29, 0.717) is 5.56 Å². The van der Waals surface area contributed by atoms with Crippen LogP contribution in [0.25, 0.3) is 0 Å². The summed E-state index contributed by atoms with van der Waals surface area (Å²) in [4.78, 5) is 0. The molecule has 0 aliphatic carbocycles. The van der Waals surface area contributed by atoms with Crippen LogP contribution in [0, 0.1) is 11.3 Å². The Bertz CT molecular complexity index is 284. The standard InChI is InChI=1S/C9H11N3/c1-7(12-11)9-4-2-8(6-10)3-5-9/h2-5,7,12H,11H2,1H3/t7-/m1/s1. The molecule has 0 heterocycles. The molecule has 0 aromatic heterocycles. The summed E-state index contributed by atoms with van der Waals surface area (Å²) in [6.45, 7) is 1.96. The lowest BCUT2D eigenvalue weighted by Crippen LogP contribution is -2.25. The second-order valence-electron chi connectivity index (χ2n) is 2.62. The number of hydrogen-bond acceptors (Lipinski definition) is 3. The molecule has 0 fully saturated rings.